The van der Waals surface area contributed by atoms with Crippen LogP contribution < -0.4 is 5.32 Å². The molecule has 0 spiro atoms. The van der Waals surface area contributed by atoms with Crippen LogP contribution in [0.15, 0.2) is 0 Å². The Morgan fingerprint density at radius 2 is 2.29 bits per heavy atom. The third-order valence-corrected chi connectivity index (χ3v) is 2.94. The zero-order chi connectivity index (χ0) is 12.7. The number of rotatable bonds is 6. The lowest BCUT2D eigenvalue weighted by molar-refractivity contribution is -0.138. The number of ether oxygens (including phenoxy) is 1. The minimum absolute atomic E-state index is 0.00679. The zero-order valence-corrected chi connectivity index (χ0v) is 10.3. The monoisotopic (exact) mass is 243 g/mol. The molecule has 1 amide bonds. The average molecular weight is 243 g/mol. The molecule has 2 atom stereocenters. The summed E-state index contributed by atoms with van der Waals surface area (Å²) in [6.45, 7) is 3.15. The molecule has 0 bridgehead atoms. The van der Waals surface area contributed by atoms with Gasteiger partial charge in [0.25, 0.3) is 0 Å². The Hall–Kier alpha value is -1.10. The maximum atomic E-state index is 11.9. The summed E-state index contributed by atoms with van der Waals surface area (Å²) < 4.78 is 5.25. The first-order valence-corrected chi connectivity index (χ1v) is 6.23. The third-order valence-electron chi connectivity index (χ3n) is 2.94. The Balaban J connectivity index is 2.41. The molecule has 0 aromatic rings. The van der Waals surface area contributed by atoms with Gasteiger partial charge in [-0.05, 0) is 19.3 Å². The number of nitrogens with one attached hydrogen (secondary N) is 1. The predicted octanol–water partition coefficient (Wildman–Crippen LogP) is 1.17. The lowest BCUT2D eigenvalue weighted by atomic mass is 10.00. The van der Waals surface area contributed by atoms with E-state index in [9.17, 15) is 9.59 Å². The summed E-state index contributed by atoms with van der Waals surface area (Å²) in [6.07, 6.45) is 3.28. The maximum Gasteiger partial charge on any atom is 0.305 e. The summed E-state index contributed by atoms with van der Waals surface area (Å²) in [7, 11) is 0. The first kappa shape index (κ1) is 14.0. The van der Waals surface area contributed by atoms with Crippen LogP contribution in [0, 0.1) is 5.92 Å². The minimum atomic E-state index is -0.872. The van der Waals surface area contributed by atoms with E-state index in [4.69, 9.17) is 9.84 Å². The van der Waals surface area contributed by atoms with Crippen LogP contribution in [0.3, 0.4) is 0 Å². The van der Waals surface area contributed by atoms with Gasteiger partial charge in [0.15, 0.2) is 0 Å². The van der Waals surface area contributed by atoms with E-state index in [0.29, 0.717) is 13.0 Å². The molecule has 1 rings (SSSR count). The summed E-state index contributed by atoms with van der Waals surface area (Å²) in [5, 5.41) is 11.6. The van der Waals surface area contributed by atoms with Crippen LogP contribution >= 0.6 is 0 Å². The highest BCUT2D eigenvalue weighted by Gasteiger charge is 2.24. The standard InChI is InChI=1S/C12H21NO4/c1-2-4-10(7-11(14)15)13-12(16)9-5-3-6-17-8-9/h9-10H,2-8H2,1H3,(H,13,16)(H,14,15). The van der Waals surface area contributed by atoms with Gasteiger partial charge in [-0.15, -0.1) is 0 Å². The van der Waals surface area contributed by atoms with E-state index < -0.39 is 5.97 Å². The van der Waals surface area contributed by atoms with E-state index in [-0.39, 0.29) is 24.3 Å². The van der Waals surface area contributed by atoms with Gasteiger partial charge in [0.1, 0.15) is 0 Å². The molecule has 1 saturated heterocycles. The molecule has 1 heterocycles. The van der Waals surface area contributed by atoms with Gasteiger partial charge in [0.05, 0.1) is 18.9 Å². The number of carbonyl (C=O) groups excluding carboxylic acids is 1. The fourth-order valence-electron chi connectivity index (χ4n) is 2.05. The summed E-state index contributed by atoms with van der Waals surface area (Å²) in [6, 6.07) is -0.257. The Bertz CT molecular complexity index is 261. The molecule has 0 aromatic carbocycles. The van der Waals surface area contributed by atoms with Crippen molar-refractivity contribution < 1.29 is 19.4 Å². The van der Waals surface area contributed by atoms with Crippen LogP contribution in [0.1, 0.15) is 39.0 Å². The van der Waals surface area contributed by atoms with Gasteiger partial charge in [0, 0.05) is 12.6 Å². The summed E-state index contributed by atoms with van der Waals surface area (Å²) >= 11 is 0. The summed E-state index contributed by atoms with van der Waals surface area (Å²) in [5.74, 6) is -1.05. The van der Waals surface area contributed by atoms with Crippen LogP contribution in [0.2, 0.25) is 0 Å². The molecule has 5 heteroatoms. The quantitative estimate of drug-likeness (QED) is 0.734. The SMILES string of the molecule is CCCC(CC(=O)O)NC(=O)C1CCCOC1. The minimum Gasteiger partial charge on any atom is -0.481 e. The highest BCUT2D eigenvalue weighted by Crippen LogP contribution is 2.14. The second-order valence-corrected chi connectivity index (χ2v) is 4.51. The molecule has 17 heavy (non-hydrogen) atoms. The molecular weight excluding hydrogens is 222 g/mol. The van der Waals surface area contributed by atoms with Gasteiger partial charge in [-0.2, -0.15) is 0 Å². The van der Waals surface area contributed by atoms with E-state index in [0.717, 1.165) is 25.9 Å². The number of aliphatic carboxylic acids is 1. The maximum absolute atomic E-state index is 11.9. The average Bonchev–Trinajstić information content (AvgIpc) is 2.29. The molecule has 5 nitrogen and oxygen atoms in total. The van der Waals surface area contributed by atoms with E-state index in [2.05, 4.69) is 5.32 Å². The predicted molar refractivity (Wildman–Crippen MR) is 62.6 cm³/mol. The van der Waals surface area contributed by atoms with Gasteiger partial charge < -0.3 is 15.2 Å². The Morgan fingerprint density at radius 1 is 1.53 bits per heavy atom. The van der Waals surface area contributed by atoms with Crippen LogP contribution in [0.5, 0.6) is 0 Å². The van der Waals surface area contributed by atoms with E-state index in [1.54, 1.807) is 0 Å². The number of carboxylic acids is 1. The van der Waals surface area contributed by atoms with E-state index in [1.807, 2.05) is 6.92 Å². The first-order chi connectivity index (χ1) is 8.13. The Morgan fingerprint density at radius 3 is 2.82 bits per heavy atom. The topological polar surface area (TPSA) is 75.6 Å². The van der Waals surface area contributed by atoms with Crippen LogP contribution in [-0.4, -0.2) is 36.2 Å². The molecule has 0 aliphatic carbocycles. The third kappa shape index (κ3) is 5.17. The van der Waals surface area contributed by atoms with Gasteiger partial charge in [-0.3, -0.25) is 9.59 Å². The fraction of sp³-hybridized carbons (Fsp3) is 0.833. The molecule has 2 N–H and O–H groups in total. The molecular formula is C12H21NO4. The van der Waals surface area contributed by atoms with Gasteiger partial charge in [-0.1, -0.05) is 13.3 Å². The van der Waals surface area contributed by atoms with E-state index in [1.165, 1.54) is 0 Å². The van der Waals surface area contributed by atoms with Gasteiger partial charge in [0.2, 0.25) is 5.91 Å². The van der Waals surface area contributed by atoms with Crippen molar-refractivity contribution in [2.24, 2.45) is 5.92 Å². The molecule has 0 saturated carbocycles. The van der Waals surface area contributed by atoms with Gasteiger partial charge in [-0.25, -0.2) is 0 Å². The van der Waals surface area contributed by atoms with Crippen molar-refractivity contribution in [2.75, 3.05) is 13.2 Å². The van der Waals surface area contributed by atoms with Crippen molar-refractivity contribution in [3.05, 3.63) is 0 Å². The smallest absolute Gasteiger partial charge is 0.305 e. The van der Waals surface area contributed by atoms with Crippen molar-refractivity contribution >= 4 is 11.9 Å². The number of hydrogen-bond acceptors (Lipinski definition) is 3. The fourth-order valence-corrected chi connectivity index (χ4v) is 2.05. The van der Waals surface area contributed by atoms with Crippen molar-refractivity contribution in [2.45, 2.75) is 45.1 Å². The van der Waals surface area contributed by atoms with Crippen molar-refractivity contribution in [1.82, 2.24) is 5.32 Å². The lowest BCUT2D eigenvalue weighted by Gasteiger charge is -2.24. The normalized spacial score (nSPS) is 21.8. The first-order valence-electron chi connectivity index (χ1n) is 6.23. The van der Waals surface area contributed by atoms with Crippen molar-refractivity contribution in [3.63, 3.8) is 0 Å². The second-order valence-electron chi connectivity index (χ2n) is 4.51. The molecule has 98 valence electrons. The summed E-state index contributed by atoms with van der Waals surface area (Å²) in [4.78, 5) is 22.5. The Labute approximate surface area is 102 Å². The Kier molecular flexibility index (Phi) is 5.97. The van der Waals surface area contributed by atoms with Gasteiger partial charge >= 0.3 is 5.97 Å². The summed E-state index contributed by atoms with van der Waals surface area (Å²) in [5.41, 5.74) is 0. The van der Waals surface area contributed by atoms with Crippen LogP contribution in [-0.2, 0) is 14.3 Å². The van der Waals surface area contributed by atoms with E-state index >= 15 is 0 Å². The molecule has 1 aliphatic rings. The lowest BCUT2D eigenvalue weighted by Crippen LogP contribution is -2.42. The zero-order valence-electron chi connectivity index (χ0n) is 10.3. The molecule has 1 aliphatic heterocycles. The largest absolute Gasteiger partial charge is 0.481 e. The number of carbonyl (C=O) groups is 2. The van der Waals surface area contributed by atoms with Crippen LogP contribution in [0.4, 0.5) is 0 Å². The highest BCUT2D eigenvalue weighted by molar-refractivity contribution is 5.80. The second kappa shape index (κ2) is 7.27. The molecule has 2 unspecified atom stereocenters. The number of hydrogen-bond donors (Lipinski definition) is 2. The van der Waals surface area contributed by atoms with Crippen molar-refractivity contribution in [1.29, 1.82) is 0 Å². The number of amides is 1. The molecule has 0 radical (unpaired) electrons. The highest BCUT2D eigenvalue weighted by atomic mass is 16.5. The molecule has 0 aromatic heterocycles. The molecule has 1 fully saturated rings. The number of carboxylic acid groups (broad SMARTS) is 1. The van der Waals surface area contributed by atoms with Crippen LogP contribution in [0.25, 0.3) is 0 Å². The van der Waals surface area contributed by atoms with Crippen molar-refractivity contribution in [3.8, 4) is 0 Å².